The van der Waals surface area contributed by atoms with E-state index in [1.807, 2.05) is 12.1 Å². The van der Waals surface area contributed by atoms with Crippen molar-refractivity contribution in [3.63, 3.8) is 0 Å². The highest BCUT2D eigenvalue weighted by Gasteiger charge is 2.33. The smallest absolute Gasteiger partial charge is 0.134 e. The van der Waals surface area contributed by atoms with Crippen molar-refractivity contribution in [1.29, 1.82) is 0 Å². The minimum absolute atomic E-state index is 0.240. The van der Waals surface area contributed by atoms with Crippen LogP contribution < -0.4 is 0 Å². The molecule has 1 aromatic rings. The van der Waals surface area contributed by atoms with E-state index in [4.69, 9.17) is 11.6 Å². The number of benzene rings is 1. The lowest BCUT2D eigenvalue weighted by Crippen LogP contribution is -2.38. The van der Waals surface area contributed by atoms with Crippen molar-refractivity contribution in [2.75, 3.05) is 13.6 Å². The average molecular weight is 266 g/mol. The number of halogens is 1. The van der Waals surface area contributed by atoms with Crippen LogP contribution in [-0.2, 0) is 6.42 Å². The van der Waals surface area contributed by atoms with Crippen LogP contribution in [0.15, 0.2) is 12.1 Å². The van der Waals surface area contributed by atoms with Crippen molar-refractivity contribution in [1.82, 2.24) is 4.90 Å². The van der Waals surface area contributed by atoms with Gasteiger partial charge < -0.3 is 10.0 Å². The molecule has 3 rings (SSSR count). The minimum Gasteiger partial charge on any atom is -0.506 e. The maximum atomic E-state index is 9.88. The first kappa shape index (κ1) is 12.3. The zero-order valence-electron chi connectivity index (χ0n) is 10.8. The Labute approximate surface area is 114 Å². The van der Waals surface area contributed by atoms with E-state index in [2.05, 4.69) is 11.9 Å². The molecule has 0 amide bonds. The van der Waals surface area contributed by atoms with Crippen molar-refractivity contribution in [2.45, 2.75) is 44.1 Å². The Morgan fingerprint density at radius 3 is 2.89 bits per heavy atom. The van der Waals surface area contributed by atoms with E-state index in [1.165, 1.54) is 36.8 Å². The summed E-state index contributed by atoms with van der Waals surface area (Å²) < 4.78 is 0. The van der Waals surface area contributed by atoms with E-state index in [0.717, 1.165) is 13.0 Å². The second kappa shape index (κ2) is 4.75. The van der Waals surface area contributed by atoms with Crippen molar-refractivity contribution < 1.29 is 5.11 Å². The lowest BCUT2D eigenvalue weighted by atomic mass is 9.78. The van der Waals surface area contributed by atoms with Gasteiger partial charge in [-0.2, -0.15) is 0 Å². The van der Waals surface area contributed by atoms with Crippen LogP contribution in [0.2, 0.25) is 5.02 Å². The van der Waals surface area contributed by atoms with Gasteiger partial charge in [0.15, 0.2) is 0 Å². The fourth-order valence-corrected chi connectivity index (χ4v) is 3.83. The molecule has 1 fully saturated rings. The molecule has 1 saturated carbocycles. The van der Waals surface area contributed by atoms with Gasteiger partial charge in [0.25, 0.3) is 0 Å². The molecule has 2 nitrogen and oxygen atoms in total. The fourth-order valence-electron chi connectivity index (χ4n) is 3.65. The first-order valence-electron chi connectivity index (χ1n) is 6.88. The number of aromatic hydroxyl groups is 1. The fraction of sp³-hybridized carbons (Fsp3) is 0.600. The molecule has 2 aliphatic rings. The Bertz CT molecular complexity index is 460. The predicted molar refractivity (Wildman–Crippen MR) is 74.4 cm³/mol. The van der Waals surface area contributed by atoms with Crippen LogP contribution in [-0.4, -0.2) is 29.6 Å². The molecule has 2 unspecified atom stereocenters. The van der Waals surface area contributed by atoms with Gasteiger partial charge in [0.05, 0.1) is 5.02 Å². The highest BCUT2D eigenvalue weighted by molar-refractivity contribution is 6.32. The van der Waals surface area contributed by atoms with Crippen LogP contribution in [0.3, 0.4) is 0 Å². The van der Waals surface area contributed by atoms with Gasteiger partial charge in [-0.15, -0.1) is 0 Å². The van der Waals surface area contributed by atoms with Crippen LogP contribution in [0, 0.1) is 0 Å². The molecule has 1 aliphatic carbocycles. The van der Waals surface area contributed by atoms with Crippen LogP contribution in [0.4, 0.5) is 0 Å². The number of hydrogen-bond acceptors (Lipinski definition) is 2. The third-order valence-electron chi connectivity index (χ3n) is 4.64. The van der Waals surface area contributed by atoms with E-state index in [-0.39, 0.29) is 5.75 Å². The quantitative estimate of drug-likeness (QED) is 0.775. The van der Waals surface area contributed by atoms with Gasteiger partial charge in [-0.05, 0) is 55.5 Å². The highest BCUT2D eigenvalue weighted by atomic mass is 35.5. The molecular formula is C15H20ClNO. The largest absolute Gasteiger partial charge is 0.506 e. The summed E-state index contributed by atoms with van der Waals surface area (Å²) in [6.45, 7) is 1.09. The van der Waals surface area contributed by atoms with E-state index in [1.54, 1.807) is 0 Å². The van der Waals surface area contributed by atoms with Crippen LogP contribution in [0.5, 0.6) is 5.75 Å². The summed E-state index contributed by atoms with van der Waals surface area (Å²) in [5.41, 5.74) is 2.67. The molecule has 0 aromatic heterocycles. The summed E-state index contributed by atoms with van der Waals surface area (Å²) in [4.78, 5) is 2.49. The van der Waals surface area contributed by atoms with Gasteiger partial charge in [-0.1, -0.05) is 24.4 Å². The van der Waals surface area contributed by atoms with Gasteiger partial charge in [0.2, 0.25) is 0 Å². The molecule has 0 spiro atoms. The molecule has 0 bridgehead atoms. The molecule has 1 aromatic carbocycles. The second-order valence-electron chi connectivity index (χ2n) is 5.69. The summed E-state index contributed by atoms with van der Waals surface area (Å²) in [5, 5.41) is 10.4. The summed E-state index contributed by atoms with van der Waals surface area (Å²) in [5.74, 6) is 0.814. The molecule has 98 valence electrons. The predicted octanol–water partition coefficient (Wildman–Crippen LogP) is 3.56. The van der Waals surface area contributed by atoms with Gasteiger partial charge in [0, 0.05) is 12.6 Å². The Hall–Kier alpha value is -0.730. The first-order chi connectivity index (χ1) is 8.66. The second-order valence-corrected chi connectivity index (χ2v) is 6.10. The number of phenols is 1. The number of rotatable bonds is 0. The summed E-state index contributed by atoms with van der Waals surface area (Å²) in [6.07, 6.45) is 6.20. The van der Waals surface area contributed by atoms with Crippen molar-refractivity contribution >= 4 is 11.6 Å². The normalized spacial score (nSPS) is 28.3. The number of hydrogen-bond donors (Lipinski definition) is 1. The minimum atomic E-state index is 0.240. The van der Waals surface area contributed by atoms with Gasteiger partial charge >= 0.3 is 0 Å². The molecule has 1 aliphatic heterocycles. The molecule has 3 heteroatoms. The van der Waals surface area contributed by atoms with Crippen molar-refractivity contribution in [3.05, 3.63) is 28.3 Å². The lowest BCUT2D eigenvalue weighted by molar-refractivity contribution is 0.177. The SMILES string of the molecule is CN1CCc2cc(Cl)c(O)cc2C2CCCCC21. The Morgan fingerprint density at radius 2 is 2.06 bits per heavy atom. The van der Waals surface area contributed by atoms with E-state index in [0.29, 0.717) is 17.0 Å². The third-order valence-corrected chi connectivity index (χ3v) is 4.94. The maximum Gasteiger partial charge on any atom is 0.134 e. The van der Waals surface area contributed by atoms with Crippen LogP contribution >= 0.6 is 11.6 Å². The van der Waals surface area contributed by atoms with Crippen LogP contribution in [0.25, 0.3) is 0 Å². The zero-order valence-corrected chi connectivity index (χ0v) is 11.6. The first-order valence-corrected chi connectivity index (χ1v) is 7.26. The molecule has 1 N–H and O–H groups in total. The summed E-state index contributed by atoms with van der Waals surface area (Å²) in [7, 11) is 2.23. The van der Waals surface area contributed by atoms with Gasteiger partial charge in [-0.25, -0.2) is 0 Å². The van der Waals surface area contributed by atoms with Gasteiger partial charge in [0.1, 0.15) is 5.75 Å². The number of nitrogens with zero attached hydrogens (tertiary/aromatic N) is 1. The number of phenolic OH excluding ortho intramolecular Hbond substituents is 1. The molecule has 18 heavy (non-hydrogen) atoms. The Morgan fingerprint density at radius 1 is 1.28 bits per heavy atom. The molecular weight excluding hydrogens is 246 g/mol. The molecule has 0 radical (unpaired) electrons. The monoisotopic (exact) mass is 265 g/mol. The van der Waals surface area contributed by atoms with Gasteiger partial charge in [-0.3, -0.25) is 0 Å². The summed E-state index contributed by atoms with van der Waals surface area (Å²) >= 11 is 6.05. The van der Waals surface area contributed by atoms with E-state index >= 15 is 0 Å². The van der Waals surface area contributed by atoms with Crippen LogP contribution in [0.1, 0.15) is 42.7 Å². The number of likely N-dealkylation sites (N-methyl/N-ethyl adjacent to an activating group) is 1. The highest BCUT2D eigenvalue weighted by Crippen LogP contribution is 2.42. The standard InChI is InChI=1S/C15H20ClNO/c1-17-7-6-10-8-13(16)15(18)9-12(10)11-4-2-3-5-14(11)17/h8-9,11,14,18H,2-7H2,1H3. The molecule has 2 atom stereocenters. The maximum absolute atomic E-state index is 9.88. The van der Waals surface area contributed by atoms with Crippen molar-refractivity contribution in [2.24, 2.45) is 0 Å². The Kier molecular flexibility index (Phi) is 3.25. The molecule has 0 saturated heterocycles. The lowest BCUT2D eigenvalue weighted by Gasteiger charge is -2.36. The third kappa shape index (κ3) is 2.02. The Balaban J connectivity index is 2.06. The zero-order chi connectivity index (χ0) is 12.7. The topological polar surface area (TPSA) is 23.5 Å². The van der Waals surface area contributed by atoms with Crippen molar-refractivity contribution in [3.8, 4) is 5.75 Å². The number of fused-ring (bicyclic) bond motifs is 3. The average Bonchev–Trinajstić information content (AvgIpc) is 2.51. The van der Waals surface area contributed by atoms with E-state index in [9.17, 15) is 5.11 Å². The summed E-state index contributed by atoms with van der Waals surface area (Å²) in [6, 6.07) is 4.53. The van der Waals surface area contributed by atoms with E-state index < -0.39 is 0 Å². The molecule has 1 heterocycles.